The van der Waals surface area contributed by atoms with Crippen molar-refractivity contribution in [2.75, 3.05) is 18.4 Å². The second kappa shape index (κ2) is 8.10. The summed E-state index contributed by atoms with van der Waals surface area (Å²) in [5.41, 5.74) is 2.37. The molecule has 3 heterocycles. The van der Waals surface area contributed by atoms with E-state index < -0.39 is 5.56 Å². The fourth-order valence-corrected chi connectivity index (χ4v) is 3.80. The largest absolute Gasteiger partial charge is 0.337 e. The zero-order valence-electron chi connectivity index (χ0n) is 17.0. The van der Waals surface area contributed by atoms with Gasteiger partial charge in [-0.05, 0) is 43.9 Å². The predicted octanol–water partition coefficient (Wildman–Crippen LogP) is 1.78. The number of likely N-dealkylation sites (tertiary alicyclic amines) is 1. The molecule has 2 aromatic heterocycles. The molecular weight excluding hydrogens is 384 g/mol. The van der Waals surface area contributed by atoms with Crippen LogP contribution >= 0.6 is 0 Å². The number of amides is 2. The number of aromatic nitrogens is 4. The number of carbonyl (C=O) groups excluding carboxylic acids is 2. The number of fused-ring (bicyclic) bond motifs is 1. The van der Waals surface area contributed by atoms with E-state index in [0.29, 0.717) is 31.6 Å². The van der Waals surface area contributed by atoms with E-state index in [-0.39, 0.29) is 28.9 Å². The predicted molar refractivity (Wildman–Crippen MR) is 111 cm³/mol. The Morgan fingerprint density at radius 3 is 2.77 bits per heavy atom. The topological polar surface area (TPSA) is 112 Å². The van der Waals surface area contributed by atoms with Crippen LogP contribution < -0.4 is 10.9 Å². The van der Waals surface area contributed by atoms with Gasteiger partial charge in [0.25, 0.3) is 11.5 Å². The summed E-state index contributed by atoms with van der Waals surface area (Å²) in [6.45, 7) is 4.66. The number of hydrogen-bond acceptors (Lipinski definition) is 5. The van der Waals surface area contributed by atoms with E-state index in [4.69, 9.17) is 0 Å². The van der Waals surface area contributed by atoms with Gasteiger partial charge in [0.2, 0.25) is 5.91 Å². The van der Waals surface area contributed by atoms with Crippen LogP contribution in [0.15, 0.2) is 35.3 Å². The van der Waals surface area contributed by atoms with Gasteiger partial charge in [-0.15, -0.1) is 5.10 Å². The lowest BCUT2D eigenvalue weighted by molar-refractivity contribution is -0.121. The molecule has 2 amide bonds. The van der Waals surface area contributed by atoms with Gasteiger partial charge in [-0.3, -0.25) is 14.4 Å². The minimum atomic E-state index is -0.396. The summed E-state index contributed by atoms with van der Waals surface area (Å²) < 4.78 is 1.33. The van der Waals surface area contributed by atoms with E-state index in [0.717, 1.165) is 12.1 Å². The molecule has 4 rings (SSSR count). The van der Waals surface area contributed by atoms with Gasteiger partial charge in [-0.25, -0.2) is 4.52 Å². The quantitative estimate of drug-likeness (QED) is 0.683. The number of carbonyl (C=O) groups is 2. The van der Waals surface area contributed by atoms with Crippen LogP contribution in [-0.2, 0) is 11.2 Å². The van der Waals surface area contributed by atoms with E-state index >= 15 is 0 Å². The maximum atomic E-state index is 12.9. The van der Waals surface area contributed by atoms with Gasteiger partial charge in [0.05, 0.1) is 6.20 Å². The third-order valence-electron chi connectivity index (χ3n) is 5.49. The van der Waals surface area contributed by atoms with Crippen LogP contribution in [0.3, 0.4) is 0 Å². The van der Waals surface area contributed by atoms with Gasteiger partial charge >= 0.3 is 0 Å². The molecule has 0 atom stereocenters. The van der Waals surface area contributed by atoms with Gasteiger partial charge in [0, 0.05) is 30.4 Å². The third kappa shape index (κ3) is 3.83. The van der Waals surface area contributed by atoms with Crippen molar-refractivity contribution in [3.63, 3.8) is 0 Å². The number of anilines is 1. The highest BCUT2D eigenvalue weighted by Gasteiger charge is 2.30. The lowest BCUT2D eigenvalue weighted by Gasteiger charge is -2.30. The number of piperidine rings is 1. The summed E-state index contributed by atoms with van der Waals surface area (Å²) in [7, 11) is 0. The van der Waals surface area contributed by atoms with Crippen molar-refractivity contribution in [3.05, 3.63) is 57.8 Å². The van der Waals surface area contributed by atoms with Crippen LogP contribution in [0, 0.1) is 12.8 Å². The standard InChI is InChI=1S/C21H24N6O3/c1-3-14-5-4-6-16(11-14)23-19(28)15-7-9-26(10-8-15)21(30)17-18-20(29)22-13(2)12-27(18)25-24-17/h4-6,11-12,15H,3,7-10H2,1-2H3,(H,22,29)(H,23,28). The zero-order chi connectivity index (χ0) is 21.3. The molecule has 1 aliphatic heterocycles. The second-order valence-electron chi connectivity index (χ2n) is 7.61. The molecule has 9 heteroatoms. The molecule has 30 heavy (non-hydrogen) atoms. The smallest absolute Gasteiger partial charge is 0.276 e. The van der Waals surface area contributed by atoms with E-state index in [1.165, 1.54) is 10.1 Å². The number of nitrogens with one attached hydrogen (secondary N) is 2. The van der Waals surface area contributed by atoms with Crippen molar-refractivity contribution in [2.45, 2.75) is 33.1 Å². The monoisotopic (exact) mass is 408 g/mol. The highest BCUT2D eigenvalue weighted by molar-refractivity contribution is 5.99. The number of hydrogen-bond donors (Lipinski definition) is 2. The number of aryl methyl sites for hydroxylation is 2. The summed E-state index contributed by atoms with van der Waals surface area (Å²) in [5, 5.41) is 10.8. The molecular formula is C21H24N6O3. The lowest BCUT2D eigenvalue weighted by atomic mass is 9.95. The first-order valence-corrected chi connectivity index (χ1v) is 10.1. The molecule has 1 saturated heterocycles. The van der Waals surface area contributed by atoms with Crippen molar-refractivity contribution in [2.24, 2.45) is 5.92 Å². The maximum Gasteiger partial charge on any atom is 0.276 e. The maximum absolute atomic E-state index is 12.9. The van der Waals surface area contributed by atoms with Crippen LogP contribution in [0.5, 0.6) is 0 Å². The van der Waals surface area contributed by atoms with Gasteiger partial charge in [0.1, 0.15) is 0 Å². The molecule has 156 valence electrons. The van der Waals surface area contributed by atoms with E-state index in [9.17, 15) is 14.4 Å². The SMILES string of the molecule is CCc1cccc(NC(=O)C2CCN(C(=O)c3nnn4cc(C)[nH]c(=O)c34)CC2)c1. The average Bonchev–Trinajstić information content (AvgIpc) is 3.17. The molecule has 0 radical (unpaired) electrons. The molecule has 2 N–H and O–H groups in total. The summed E-state index contributed by atoms with van der Waals surface area (Å²) in [4.78, 5) is 42.1. The molecule has 0 saturated carbocycles. The van der Waals surface area contributed by atoms with E-state index in [2.05, 4.69) is 27.5 Å². The number of rotatable bonds is 4. The summed E-state index contributed by atoms with van der Waals surface area (Å²) in [5.74, 6) is -0.535. The molecule has 0 unspecified atom stereocenters. The Labute approximate surface area is 173 Å². The van der Waals surface area contributed by atoms with Crippen molar-refractivity contribution in [3.8, 4) is 0 Å². The molecule has 1 fully saturated rings. The van der Waals surface area contributed by atoms with Gasteiger partial charge in [0.15, 0.2) is 11.2 Å². The Bertz CT molecular complexity index is 1160. The molecule has 9 nitrogen and oxygen atoms in total. The molecule has 1 aromatic carbocycles. The minimum absolute atomic E-state index is 0.0311. The Hall–Kier alpha value is -3.49. The minimum Gasteiger partial charge on any atom is -0.337 e. The molecule has 0 bridgehead atoms. The van der Waals surface area contributed by atoms with Crippen LogP contribution in [0.4, 0.5) is 5.69 Å². The van der Waals surface area contributed by atoms with Gasteiger partial charge in [-0.2, -0.15) is 0 Å². The average molecular weight is 408 g/mol. The number of benzene rings is 1. The van der Waals surface area contributed by atoms with E-state index in [1.807, 2.05) is 24.3 Å². The second-order valence-corrected chi connectivity index (χ2v) is 7.61. The Balaban J connectivity index is 1.41. The molecule has 0 aliphatic carbocycles. The Morgan fingerprint density at radius 1 is 1.27 bits per heavy atom. The van der Waals surface area contributed by atoms with Crippen LogP contribution in [-0.4, -0.2) is 49.6 Å². The van der Waals surface area contributed by atoms with Crippen molar-refractivity contribution in [1.82, 2.24) is 24.7 Å². The Morgan fingerprint density at radius 2 is 2.03 bits per heavy atom. The van der Waals surface area contributed by atoms with E-state index in [1.54, 1.807) is 18.0 Å². The van der Waals surface area contributed by atoms with Crippen molar-refractivity contribution >= 4 is 23.0 Å². The fraction of sp³-hybridized carbons (Fsp3) is 0.381. The number of nitrogens with zero attached hydrogens (tertiary/aromatic N) is 4. The van der Waals surface area contributed by atoms with Crippen LogP contribution in [0.25, 0.3) is 5.52 Å². The summed E-state index contributed by atoms with van der Waals surface area (Å²) in [6, 6.07) is 7.82. The first kappa shape index (κ1) is 19.8. The molecule has 0 spiro atoms. The van der Waals surface area contributed by atoms with Crippen LogP contribution in [0.1, 0.15) is 41.5 Å². The van der Waals surface area contributed by atoms with Crippen LogP contribution in [0.2, 0.25) is 0 Å². The summed E-state index contributed by atoms with van der Waals surface area (Å²) >= 11 is 0. The third-order valence-corrected chi connectivity index (χ3v) is 5.49. The zero-order valence-corrected chi connectivity index (χ0v) is 17.0. The number of aromatic amines is 1. The normalized spacial score (nSPS) is 14.8. The fourth-order valence-electron chi connectivity index (χ4n) is 3.80. The molecule has 3 aromatic rings. The first-order chi connectivity index (χ1) is 14.5. The lowest BCUT2D eigenvalue weighted by Crippen LogP contribution is -2.41. The van der Waals surface area contributed by atoms with Crippen molar-refractivity contribution < 1.29 is 9.59 Å². The highest BCUT2D eigenvalue weighted by Crippen LogP contribution is 2.22. The Kier molecular flexibility index (Phi) is 5.35. The van der Waals surface area contributed by atoms with Crippen molar-refractivity contribution in [1.29, 1.82) is 0 Å². The molecule has 1 aliphatic rings. The van der Waals surface area contributed by atoms with Gasteiger partial charge in [-0.1, -0.05) is 24.3 Å². The van der Waals surface area contributed by atoms with Gasteiger partial charge < -0.3 is 15.2 Å². The number of H-pyrrole nitrogens is 1. The summed E-state index contributed by atoms with van der Waals surface area (Å²) in [6.07, 6.45) is 3.63. The first-order valence-electron chi connectivity index (χ1n) is 10.1. The highest BCUT2D eigenvalue weighted by atomic mass is 16.2.